The summed E-state index contributed by atoms with van der Waals surface area (Å²) < 4.78 is 3.74. The Morgan fingerprint density at radius 1 is 1.23 bits per heavy atom. The molecule has 0 fully saturated rings. The Kier molecular flexibility index (Phi) is 3.41. The van der Waals surface area contributed by atoms with Crippen LogP contribution >= 0.6 is 0 Å². The summed E-state index contributed by atoms with van der Waals surface area (Å²) in [5, 5.41) is 4.17. The van der Waals surface area contributed by atoms with Crippen molar-refractivity contribution in [2.45, 2.75) is 0 Å². The molecule has 0 atom stereocenters. The molecule has 2 aromatic rings. The van der Waals surface area contributed by atoms with E-state index in [1.54, 1.807) is 6.33 Å². The fourth-order valence-corrected chi connectivity index (χ4v) is 1.08. The zero-order valence-electron chi connectivity index (χ0n) is 7.26. The van der Waals surface area contributed by atoms with E-state index in [1.807, 2.05) is 53.0 Å². The molecule has 2 rings (SSSR count). The molecule has 0 amide bonds. The van der Waals surface area contributed by atoms with Gasteiger partial charge in [-0.1, -0.05) is 18.2 Å². The number of rotatable bonds is 1. The maximum atomic E-state index is 4.17. The highest BCUT2D eigenvalue weighted by molar-refractivity contribution is 5.20. The number of halogens is 1. The number of para-hydroxylation sites is 1. The lowest BCUT2D eigenvalue weighted by Gasteiger charge is -1.89. The molecule has 0 unspecified atom stereocenters. The third-order valence-corrected chi connectivity index (χ3v) is 1.67. The highest BCUT2D eigenvalue weighted by Gasteiger charge is 2.02. The molecule has 0 bridgehead atoms. The first-order valence-corrected chi connectivity index (χ1v) is 3.81. The predicted octanol–water partition coefficient (Wildman–Crippen LogP) is -2.30. The van der Waals surface area contributed by atoms with Gasteiger partial charge in [-0.2, -0.15) is 0 Å². The molecule has 1 aromatic carbocycles. The third kappa shape index (κ3) is 2.27. The normalized spacial score (nSPS) is 9.31. The van der Waals surface area contributed by atoms with Crippen LogP contribution in [0.15, 0.2) is 43.0 Å². The third-order valence-electron chi connectivity index (χ3n) is 1.67. The summed E-state index contributed by atoms with van der Waals surface area (Å²) in [6, 6.07) is 10.0. The Bertz CT molecular complexity index is 369. The quantitative estimate of drug-likeness (QED) is 0.427. The first-order chi connectivity index (χ1) is 5.86. The van der Waals surface area contributed by atoms with E-state index >= 15 is 0 Å². The first kappa shape index (κ1) is 10.2. The molecule has 1 heterocycles. The van der Waals surface area contributed by atoms with Crippen LogP contribution in [-0.4, -0.2) is 9.67 Å². The largest absolute Gasteiger partial charge is 1.00 e. The maximum Gasteiger partial charge on any atom is 0.271 e. The van der Waals surface area contributed by atoms with Gasteiger partial charge in [0.25, 0.3) is 6.33 Å². The van der Waals surface area contributed by atoms with E-state index in [1.165, 1.54) is 0 Å². The molecule has 0 spiro atoms. The zero-order chi connectivity index (χ0) is 8.39. The van der Waals surface area contributed by atoms with Crippen molar-refractivity contribution in [2.24, 2.45) is 7.05 Å². The molecule has 1 aromatic heterocycles. The molecule has 13 heavy (non-hydrogen) atoms. The summed E-state index contributed by atoms with van der Waals surface area (Å²) in [6.07, 6.45) is 3.70. The first-order valence-electron chi connectivity index (χ1n) is 3.81. The van der Waals surface area contributed by atoms with Gasteiger partial charge in [-0.15, -0.1) is 4.68 Å². The summed E-state index contributed by atoms with van der Waals surface area (Å²) in [6.45, 7) is 0. The Hall–Kier alpha value is -0.910. The van der Waals surface area contributed by atoms with Crippen molar-refractivity contribution in [1.82, 2.24) is 9.67 Å². The monoisotopic (exact) mass is 287 g/mol. The van der Waals surface area contributed by atoms with Gasteiger partial charge in [0, 0.05) is 0 Å². The summed E-state index contributed by atoms with van der Waals surface area (Å²) in [7, 11) is 1.95. The molecule has 0 aliphatic rings. The second-order valence-electron chi connectivity index (χ2n) is 2.69. The number of hydrogen-bond donors (Lipinski definition) is 0. The maximum absolute atomic E-state index is 4.17. The van der Waals surface area contributed by atoms with Crippen LogP contribution in [0, 0.1) is 0 Å². The summed E-state index contributed by atoms with van der Waals surface area (Å²) >= 11 is 0. The Morgan fingerprint density at radius 3 is 2.46 bits per heavy atom. The van der Waals surface area contributed by atoms with Crippen LogP contribution in [0.25, 0.3) is 5.69 Å². The fraction of sp³-hybridized carbons (Fsp3) is 0.111. The van der Waals surface area contributed by atoms with Gasteiger partial charge >= 0.3 is 0 Å². The van der Waals surface area contributed by atoms with E-state index in [0.29, 0.717) is 0 Å². The lowest BCUT2D eigenvalue weighted by Crippen LogP contribution is -3.00. The minimum Gasteiger partial charge on any atom is -1.00 e. The number of aryl methyl sites for hydroxylation is 1. The van der Waals surface area contributed by atoms with E-state index in [9.17, 15) is 0 Å². The van der Waals surface area contributed by atoms with E-state index in [0.717, 1.165) is 5.69 Å². The number of benzene rings is 1. The highest BCUT2D eigenvalue weighted by atomic mass is 127. The predicted molar refractivity (Wildman–Crippen MR) is 44.7 cm³/mol. The number of hydrogen-bond acceptors (Lipinski definition) is 1. The topological polar surface area (TPSA) is 21.7 Å². The van der Waals surface area contributed by atoms with Gasteiger partial charge in [0.1, 0.15) is 0 Å². The summed E-state index contributed by atoms with van der Waals surface area (Å²) in [4.78, 5) is 0. The SMILES string of the molecule is Cn1cn[n+](-c2ccccc2)c1.[I-]. The molecule has 0 radical (unpaired) electrons. The van der Waals surface area contributed by atoms with E-state index in [-0.39, 0.29) is 24.0 Å². The number of nitrogens with zero attached hydrogens (tertiary/aromatic N) is 3. The highest BCUT2D eigenvalue weighted by Crippen LogP contribution is 1.95. The van der Waals surface area contributed by atoms with E-state index < -0.39 is 0 Å². The van der Waals surface area contributed by atoms with Crippen LogP contribution < -0.4 is 28.7 Å². The second-order valence-corrected chi connectivity index (χ2v) is 2.69. The molecule has 4 heteroatoms. The van der Waals surface area contributed by atoms with Crippen molar-refractivity contribution in [3.05, 3.63) is 43.0 Å². The van der Waals surface area contributed by atoms with Crippen LogP contribution in [0.2, 0.25) is 0 Å². The lowest BCUT2D eigenvalue weighted by molar-refractivity contribution is -0.657. The molecular formula is C9H10IN3. The molecule has 0 aliphatic heterocycles. The molecular weight excluding hydrogens is 277 g/mol. The van der Waals surface area contributed by atoms with Crippen molar-refractivity contribution in [1.29, 1.82) is 0 Å². The molecule has 0 N–H and O–H groups in total. The molecule has 68 valence electrons. The average Bonchev–Trinajstić information content (AvgIpc) is 2.54. The van der Waals surface area contributed by atoms with Crippen LogP contribution in [0.1, 0.15) is 0 Å². The van der Waals surface area contributed by atoms with Gasteiger partial charge in [0.15, 0.2) is 5.69 Å². The van der Waals surface area contributed by atoms with Gasteiger partial charge < -0.3 is 24.0 Å². The van der Waals surface area contributed by atoms with E-state index in [2.05, 4.69) is 5.10 Å². The van der Waals surface area contributed by atoms with Crippen molar-refractivity contribution in [3.63, 3.8) is 0 Å². The van der Waals surface area contributed by atoms with E-state index in [4.69, 9.17) is 0 Å². The van der Waals surface area contributed by atoms with Crippen molar-refractivity contribution < 1.29 is 28.7 Å². The zero-order valence-corrected chi connectivity index (χ0v) is 9.42. The fourth-order valence-electron chi connectivity index (χ4n) is 1.08. The Labute approximate surface area is 94.0 Å². The molecule has 0 aliphatic carbocycles. The Balaban J connectivity index is 0.000000845. The van der Waals surface area contributed by atoms with Gasteiger partial charge in [0.2, 0.25) is 6.33 Å². The lowest BCUT2D eigenvalue weighted by atomic mass is 10.3. The van der Waals surface area contributed by atoms with Gasteiger partial charge in [-0.25, -0.2) is 4.57 Å². The second kappa shape index (κ2) is 4.36. The minimum atomic E-state index is 0. The van der Waals surface area contributed by atoms with Crippen LogP contribution in [0.5, 0.6) is 0 Å². The molecule has 0 saturated heterocycles. The van der Waals surface area contributed by atoms with Crippen molar-refractivity contribution in [3.8, 4) is 5.69 Å². The minimum absolute atomic E-state index is 0. The Morgan fingerprint density at radius 2 is 1.92 bits per heavy atom. The smallest absolute Gasteiger partial charge is 0.271 e. The van der Waals surface area contributed by atoms with Crippen LogP contribution in [0.3, 0.4) is 0 Å². The van der Waals surface area contributed by atoms with Crippen LogP contribution in [0.4, 0.5) is 0 Å². The molecule has 0 saturated carbocycles. The standard InChI is InChI=1S/C9H10N3.HI/c1-11-7-10-12(8-11)9-5-3-2-4-6-9;/h2-8H,1H3;1H/q+1;/p-1. The number of aromatic nitrogens is 3. The van der Waals surface area contributed by atoms with Gasteiger partial charge in [-0.3, -0.25) is 0 Å². The van der Waals surface area contributed by atoms with Crippen molar-refractivity contribution in [2.75, 3.05) is 0 Å². The average molecular weight is 287 g/mol. The van der Waals surface area contributed by atoms with Gasteiger partial charge in [0.05, 0.1) is 7.05 Å². The summed E-state index contributed by atoms with van der Waals surface area (Å²) in [5.41, 5.74) is 1.08. The van der Waals surface area contributed by atoms with Gasteiger partial charge in [-0.05, 0) is 17.2 Å². The van der Waals surface area contributed by atoms with Crippen molar-refractivity contribution >= 4 is 0 Å². The van der Waals surface area contributed by atoms with Crippen LogP contribution in [-0.2, 0) is 7.05 Å². The molecule has 3 nitrogen and oxygen atoms in total. The summed E-state index contributed by atoms with van der Waals surface area (Å²) in [5.74, 6) is 0.